The lowest BCUT2D eigenvalue weighted by Crippen LogP contribution is -2.58. The Hall–Kier alpha value is -2.70. The Labute approximate surface area is 239 Å². The van der Waals surface area contributed by atoms with E-state index in [0.29, 0.717) is 38.5 Å². The molecule has 0 unspecified atom stereocenters. The Bertz CT molecular complexity index is 1030. The summed E-state index contributed by atoms with van der Waals surface area (Å²) in [4.78, 5) is 28.7. The maximum absolute atomic E-state index is 14.4. The fourth-order valence-electron chi connectivity index (χ4n) is 7.50. The highest BCUT2D eigenvalue weighted by Crippen LogP contribution is 2.44. The van der Waals surface area contributed by atoms with Crippen LogP contribution in [0.1, 0.15) is 120 Å². The van der Waals surface area contributed by atoms with Crippen molar-refractivity contribution in [3.63, 3.8) is 0 Å². The number of benzene rings is 2. The van der Waals surface area contributed by atoms with Gasteiger partial charge in [-0.2, -0.15) is 0 Å². The molecular formula is C34H46N2O4. The van der Waals surface area contributed by atoms with Gasteiger partial charge in [0.2, 0.25) is 11.8 Å². The van der Waals surface area contributed by atoms with E-state index in [2.05, 4.69) is 10.6 Å². The zero-order valence-corrected chi connectivity index (χ0v) is 23.7. The zero-order chi connectivity index (χ0) is 28.1. The summed E-state index contributed by atoms with van der Waals surface area (Å²) in [5.74, 6) is -0.611. The standard InChI is InChI=1S/C34H46N2O4/c37-30(35-28(26-16-6-1-7-17-26)33(39)22-12-4-13-23-33)32(20-10-3-11-21-32)31(38)36-29(27-18-8-2-9-19-27)34(40)24-14-5-15-25-34/h1-2,6-9,16-19,28-29,39-40H,3-5,10-15,20-25H2,(H,35,37)(H,36,38)/t28-,29-/m1/s1. The van der Waals surface area contributed by atoms with Gasteiger partial charge in [-0.15, -0.1) is 0 Å². The lowest BCUT2D eigenvalue weighted by atomic mass is 9.70. The van der Waals surface area contributed by atoms with Crippen molar-refractivity contribution in [3.05, 3.63) is 71.8 Å². The molecule has 216 valence electrons. The van der Waals surface area contributed by atoms with Gasteiger partial charge in [-0.3, -0.25) is 9.59 Å². The molecule has 2 aromatic carbocycles. The molecule has 6 nitrogen and oxygen atoms in total. The maximum Gasteiger partial charge on any atom is 0.236 e. The van der Waals surface area contributed by atoms with E-state index in [0.717, 1.165) is 68.9 Å². The molecule has 0 bridgehead atoms. The smallest absolute Gasteiger partial charge is 0.236 e. The van der Waals surface area contributed by atoms with Gasteiger partial charge in [-0.05, 0) is 49.7 Å². The SMILES string of the molecule is O=C(N[C@H](c1ccccc1)C1(O)CCCCC1)C1(C(=O)N[C@H](c2ccccc2)C2(O)CCCCC2)CCCCC1. The van der Waals surface area contributed by atoms with Gasteiger partial charge in [-0.1, -0.05) is 118 Å². The van der Waals surface area contributed by atoms with Gasteiger partial charge in [0.05, 0.1) is 23.3 Å². The van der Waals surface area contributed by atoms with E-state index < -0.39 is 28.7 Å². The summed E-state index contributed by atoms with van der Waals surface area (Å²) >= 11 is 0. The molecule has 0 spiro atoms. The summed E-state index contributed by atoms with van der Waals surface area (Å²) in [5, 5.41) is 30.1. The maximum atomic E-state index is 14.4. The third kappa shape index (κ3) is 5.99. The molecule has 3 saturated carbocycles. The molecule has 2 amide bonds. The fraction of sp³-hybridized carbons (Fsp3) is 0.588. The van der Waals surface area contributed by atoms with Crippen LogP contribution in [0.25, 0.3) is 0 Å². The Morgan fingerprint density at radius 1 is 0.525 bits per heavy atom. The molecule has 3 aliphatic carbocycles. The lowest BCUT2D eigenvalue weighted by molar-refractivity contribution is -0.150. The predicted molar refractivity (Wildman–Crippen MR) is 156 cm³/mol. The first-order valence-electron chi connectivity index (χ1n) is 15.5. The van der Waals surface area contributed by atoms with Gasteiger partial charge in [0.1, 0.15) is 5.41 Å². The summed E-state index contributed by atoms with van der Waals surface area (Å²) in [6.45, 7) is 0. The molecule has 2 atom stereocenters. The molecule has 5 rings (SSSR count). The molecule has 3 aliphatic rings. The molecule has 0 aromatic heterocycles. The number of nitrogens with one attached hydrogen (secondary N) is 2. The quantitative estimate of drug-likeness (QED) is 0.303. The van der Waals surface area contributed by atoms with Gasteiger partial charge in [-0.25, -0.2) is 0 Å². The minimum atomic E-state index is -1.24. The molecule has 0 aliphatic heterocycles. The summed E-state index contributed by atoms with van der Waals surface area (Å²) in [5.41, 5.74) is -1.61. The molecule has 3 fully saturated rings. The average molecular weight is 547 g/mol. The monoisotopic (exact) mass is 546 g/mol. The Morgan fingerprint density at radius 3 is 1.20 bits per heavy atom. The third-order valence-electron chi connectivity index (χ3n) is 9.91. The molecule has 6 heteroatoms. The fourth-order valence-corrected chi connectivity index (χ4v) is 7.50. The van der Waals surface area contributed by atoms with Gasteiger partial charge in [0.25, 0.3) is 0 Å². The zero-order valence-electron chi connectivity index (χ0n) is 23.7. The van der Waals surface area contributed by atoms with Crippen LogP contribution < -0.4 is 10.6 Å². The summed E-state index contributed by atoms with van der Waals surface area (Å²) in [6.07, 6.45) is 11.8. The third-order valence-corrected chi connectivity index (χ3v) is 9.91. The summed E-state index contributed by atoms with van der Waals surface area (Å²) in [7, 11) is 0. The predicted octanol–water partition coefficient (Wildman–Crippen LogP) is 6.04. The highest BCUT2D eigenvalue weighted by atomic mass is 16.3. The van der Waals surface area contributed by atoms with Crippen LogP contribution in [-0.2, 0) is 9.59 Å². The van der Waals surface area contributed by atoms with Crippen LogP contribution in [-0.4, -0.2) is 33.2 Å². The number of carbonyl (C=O) groups is 2. The van der Waals surface area contributed by atoms with E-state index in [1.54, 1.807) is 0 Å². The van der Waals surface area contributed by atoms with Gasteiger partial charge >= 0.3 is 0 Å². The van der Waals surface area contributed by atoms with E-state index in [1.807, 2.05) is 60.7 Å². The van der Waals surface area contributed by atoms with Crippen LogP contribution in [0.4, 0.5) is 0 Å². The van der Waals surface area contributed by atoms with E-state index in [1.165, 1.54) is 0 Å². The molecule has 4 N–H and O–H groups in total. The minimum absolute atomic E-state index is 0.306. The topological polar surface area (TPSA) is 98.7 Å². The first-order valence-corrected chi connectivity index (χ1v) is 15.5. The molecule has 0 heterocycles. The van der Waals surface area contributed by atoms with Crippen molar-refractivity contribution < 1.29 is 19.8 Å². The molecule has 2 aromatic rings. The van der Waals surface area contributed by atoms with Crippen molar-refractivity contribution in [1.82, 2.24) is 10.6 Å². The Morgan fingerprint density at radius 2 is 0.850 bits per heavy atom. The number of aliphatic hydroxyl groups is 2. The largest absolute Gasteiger partial charge is 0.387 e. The van der Waals surface area contributed by atoms with Crippen molar-refractivity contribution in [2.24, 2.45) is 5.41 Å². The first-order chi connectivity index (χ1) is 19.4. The van der Waals surface area contributed by atoms with Crippen molar-refractivity contribution in [2.75, 3.05) is 0 Å². The van der Waals surface area contributed by atoms with Crippen LogP contribution in [0.3, 0.4) is 0 Å². The number of rotatable bonds is 8. The normalized spacial score (nSPS) is 23.4. The number of hydrogen-bond acceptors (Lipinski definition) is 4. The number of amides is 2. The molecule has 0 saturated heterocycles. The van der Waals surface area contributed by atoms with Crippen LogP contribution >= 0.6 is 0 Å². The Balaban J connectivity index is 1.45. The Kier molecular flexibility index (Phi) is 8.96. The molecule has 0 radical (unpaired) electrons. The second-order valence-electron chi connectivity index (χ2n) is 12.6. The minimum Gasteiger partial charge on any atom is -0.387 e. The summed E-state index contributed by atoms with van der Waals surface area (Å²) in [6, 6.07) is 18.2. The lowest BCUT2D eigenvalue weighted by Gasteiger charge is -2.44. The second-order valence-corrected chi connectivity index (χ2v) is 12.6. The van der Waals surface area contributed by atoms with Crippen LogP contribution in [0.5, 0.6) is 0 Å². The van der Waals surface area contributed by atoms with E-state index in [4.69, 9.17) is 0 Å². The van der Waals surface area contributed by atoms with Crippen molar-refractivity contribution >= 4 is 11.8 Å². The van der Waals surface area contributed by atoms with Crippen LogP contribution in [0.2, 0.25) is 0 Å². The van der Waals surface area contributed by atoms with E-state index >= 15 is 0 Å². The first kappa shape index (κ1) is 28.8. The van der Waals surface area contributed by atoms with Gasteiger partial charge in [0.15, 0.2) is 0 Å². The van der Waals surface area contributed by atoms with Gasteiger partial charge in [0, 0.05) is 0 Å². The molecule has 40 heavy (non-hydrogen) atoms. The van der Waals surface area contributed by atoms with Gasteiger partial charge < -0.3 is 20.8 Å². The number of hydrogen-bond donors (Lipinski definition) is 4. The van der Waals surface area contributed by atoms with Crippen LogP contribution in [0, 0.1) is 5.41 Å². The van der Waals surface area contributed by atoms with E-state index in [9.17, 15) is 19.8 Å². The van der Waals surface area contributed by atoms with Crippen LogP contribution in [0.15, 0.2) is 60.7 Å². The van der Waals surface area contributed by atoms with Crippen molar-refractivity contribution in [1.29, 1.82) is 0 Å². The van der Waals surface area contributed by atoms with Crippen molar-refractivity contribution in [2.45, 2.75) is 120 Å². The summed E-state index contributed by atoms with van der Waals surface area (Å²) < 4.78 is 0. The number of carbonyl (C=O) groups excluding carboxylic acids is 2. The highest BCUT2D eigenvalue weighted by Gasteiger charge is 2.51. The average Bonchev–Trinajstić information content (AvgIpc) is 3.00. The highest BCUT2D eigenvalue weighted by molar-refractivity contribution is 6.05. The molecular weight excluding hydrogens is 500 g/mol. The van der Waals surface area contributed by atoms with Crippen molar-refractivity contribution in [3.8, 4) is 0 Å². The second kappa shape index (κ2) is 12.4. The van der Waals surface area contributed by atoms with E-state index in [-0.39, 0.29) is 11.8 Å².